The minimum Gasteiger partial charge on any atom is -0.490 e. The van der Waals surface area contributed by atoms with E-state index >= 15 is 0 Å². The predicted molar refractivity (Wildman–Crippen MR) is 93.0 cm³/mol. The Bertz CT molecular complexity index is 876. The molecular formula is C17H19N3O3S. The first kappa shape index (κ1) is 16.6. The normalized spacial score (nSPS) is 15.8. The second-order valence-electron chi connectivity index (χ2n) is 5.81. The highest BCUT2D eigenvalue weighted by Gasteiger charge is 2.29. The van der Waals surface area contributed by atoms with Gasteiger partial charge in [-0.05, 0) is 38.2 Å². The molecule has 6 nitrogen and oxygen atoms in total. The lowest BCUT2D eigenvalue weighted by Crippen LogP contribution is -2.32. The molecule has 1 aromatic heterocycles. The molecule has 2 N–H and O–H groups in total. The summed E-state index contributed by atoms with van der Waals surface area (Å²) >= 11 is 1.28. The number of H-pyrrole nitrogens is 1. The van der Waals surface area contributed by atoms with Crippen molar-refractivity contribution >= 4 is 17.7 Å². The fraction of sp³-hybridized carbons (Fsp3) is 0.353. The van der Waals surface area contributed by atoms with Gasteiger partial charge in [-0.3, -0.25) is 4.79 Å². The third-order valence-electron chi connectivity index (χ3n) is 4.29. The Labute approximate surface area is 144 Å². The number of aryl methyl sites for hydroxylation is 2. The second-order valence-corrected chi connectivity index (χ2v) is 6.61. The number of amides is 1. The molecule has 2 aromatic rings. The summed E-state index contributed by atoms with van der Waals surface area (Å²) in [7, 11) is 0. The Morgan fingerprint density at radius 1 is 1.38 bits per heavy atom. The number of carbonyl (C=O) groups is 1. The van der Waals surface area contributed by atoms with Crippen molar-refractivity contribution in [3.8, 4) is 5.75 Å². The number of nitrogens with zero attached hydrogens (tertiary/aromatic N) is 1. The van der Waals surface area contributed by atoms with E-state index in [2.05, 4.69) is 15.3 Å². The van der Waals surface area contributed by atoms with Gasteiger partial charge in [0.25, 0.3) is 5.91 Å². The minimum atomic E-state index is -0.450. The monoisotopic (exact) mass is 345 g/mol. The van der Waals surface area contributed by atoms with E-state index in [1.807, 2.05) is 26.0 Å². The van der Waals surface area contributed by atoms with Gasteiger partial charge in [0, 0.05) is 11.3 Å². The van der Waals surface area contributed by atoms with Gasteiger partial charge in [0.2, 0.25) is 0 Å². The molecule has 24 heavy (non-hydrogen) atoms. The standard InChI is InChI=1S/C17H19N3O3S/c1-8-5-6-11-12(7-23-14(11)9(8)2)19-15(21)13-10(3)18-17(22)20-16(13)24-4/h5-6,12H,7H2,1-4H3,(H,19,21)(H,18,20,22)/t12-/m1/s1. The van der Waals surface area contributed by atoms with Crippen molar-refractivity contribution in [2.75, 3.05) is 12.9 Å². The smallest absolute Gasteiger partial charge is 0.346 e. The Kier molecular flexibility index (Phi) is 4.36. The molecule has 7 heteroatoms. The lowest BCUT2D eigenvalue weighted by Gasteiger charge is -2.14. The summed E-state index contributed by atoms with van der Waals surface area (Å²) in [6.07, 6.45) is 1.79. The van der Waals surface area contributed by atoms with Crippen LogP contribution in [0.1, 0.15) is 38.8 Å². The van der Waals surface area contributed by atoms with Crippen LogP contribution in [-0.2, 0) is 0 Å². The molecule has 0 unspecified atom stereocenters. The zero-order valence-corrected chi connectivity index (χ0v) is 14.8. The average Bonchev–Trinajstić information content (AvgIpc) is 2.93. The van der Waals surface area contributed by atoms with E-state index in [1.165, 1.54) is 11.8 Å². The molecule has 0 aliphatic carbocycles. The number of carbonyl (C=O) groups excluding carboxylic acids is 1. The minimum absolute atomic E-state index is 0.215. The molecule has 0 radical (unpaired) electrons. The van der Waals surface area contributed by atoms with Gasteiger partial charge >= 0.3 is 5.69 Å². The number of thioether (sulfide) groups is 1. The molecule has 126 valence electrons. The van der Waals surface area contributed by atoms with Crippen molar-refractivity contribution in [3.05, 3.63) is 50.6 Å². The van der Waals surface area contributed by atoms with Crippen molar-refractivity contribution in [3.63, 3.8) is 0 Å². The highest BCUT2D eigenvalue weighted by molar-refractivity contribution is 7.98. The van der Waals surface area contributed by atoms with Crippen LogP contribution in [0.25, 0.3) is 0 Å². The van der Waals surface area contributed by atoms with Crippen molar-refractivity contribution in [1.82, 2.24) is 15.3 Å². The number of benzene rings is 1. The van der Waals surface area contributed by atoms with Crippen LogP contribution in [0, 0.1) is 20.8 Å². The van der Waals surface area contributed by atoms with Crippen molar-refractivity contribution in [2.24, 2.45) is 0 Å². The highest BCUT2D eigenvalue weighted by Crippen LogP contribution is 2.36. The van der Waals surface area contributed by atoms with Crippen LogP contribution < -0.4 is 15.7 Å². The van der Waals surface area contributed by atoms with Crippen LogP contribution in [0.3, 0.4) is 0 Å². The summed E-state index contributed by atoms with van der Waals surface area (Å²) in [5.74, 6) is 0.585. The van der Waals surface area contributed by atoms with Gasteiger partial charge < -0.3 is 15.0 Å². The summed E-state index contributed by atoms with van der Waals surface area (Å²) in [5, 5.41) is 3.42. The summed E-state index contributed by atoms with van der Waals surface area (Å²) in [4.78, 5) is 30.7. The Morgan fingerprint density at radius 2 is 2.12 bits per heavy atom. The molecule has 0 spiro atoms. The molecule has 0 saturated heterocycles. The number of ether oxygens (including phenoxy) is 1. The van der Waals surface area contributed by atoms with Gasteiger partial charge in [-0.1, -0.05) is 12.1 Å². The van der Waals surface area contributed by atoms with Gasteiger partial charge in [0.05, 0.1) is 11.6 Å². The topological polar surface area (TPSA) is 84.1 Å². The molecule has 1 amide bonds. The van der Waals surface area contributed by atoms with E-state index in [0.29, 0.717) is 22.9 Å². The second kappa shape index (κ2) is 6.32. The summed E-state index contributed by atoms with van der Waals surface area (Å²) in [6, 6.07) is 3.80. The molecule has 0 fully saturated rings. The maximum absolute atomic E-state index is 12.7. The summed E-state index contributed by atoms with van der Waals surface area (Å²) < 4.78 is 5.77. The number of aromatic amines is 1. The Balaban J connectivity index is 1.91. The number of aromatic nitrogens is 2. The summed E-state index contributed by atoms with van der Waals surface area (Å²) in [5.41, 5.74) is 3.69. The van der Waals surface area contributed by atoms with E-state index in [1.54, 1.807) is 13.2 Å². The quantitative estimate of drug-likeness (QED) is 0.659. The molecule has 3 rings (SSSR count). The van der Waals surface area contributed by atoms with Crippen LogP contribution in [0.2, 0.25) is 0 Å². The van der Waals surface area contributed by atoms with Crippen LogP contribution >= 0.6 is 11.8 Å². The third kappa shape index (κ3) is 2.80. The molecule has 1 aromatic carbocycles. The van der Waals surface area contributed by atoms with E-state index < -0.39 is 5.69 Å². The van der Waals surface area contributed by atoms with Crippen molar-refractivity contribution in [1.29, 1.82) is 0 Å². The van der Waals surface area contributed by atoms with E-state index in [9.17, 15) is 9.59 Å². The highest BCUT2D eigenvalue weighted by atomic mass is 32.2. The molecular weight excluding hydrogens is 326 g/mol. The first-order valence-electron chi connectivity index (χ1n) is 7.61. The maximum Gasteiger partial charge on any atom is 0.346 e. The fourth-order valence-electron chi connectivity index (χ4n) is 2.86. The Morgan fingerprint density at radius 3 is 2.83 bits per heavy atom. The molecule has 1 atom stereocenters. The van der Waals surface area contributed by atoms with Gasteiger partial charge in [0.1, 0.15) is 17.4 Å². The summed E-state index contributed by atoms with van der Waals surface area (Å²) in [6.45, 7) is 6.14. The number of rotatable bonds is 3. The van der Waals surface area contributed by atoms with Crippen LogP contribution in [0.5, 0.6) is 5.75 Å². The SMILES string of the molecule is CSc1nc(=O)[nH]c(C)c1C(=O)N[C@@H]1COc2c1ccc(C)c2C. The van der Waals surface area contributed by atoms with Gasteiger partial charge in [0.15, 0.2) is 0 Å². The van der Waals surface area contributed by atoms with Gasteiger partial charge in [-0.2, -0.15) is 4.98 Å². The van der Waals surface area contributed by atoms with Crippen molar-refractivity contribution in [2.45, 2.75) is 31.8 Å². The lowest BCUT2D eigenvalue weighted by atomic mass is 10.0. The van der Waals surface area contributed by atoms with E-state index in [-0.39, 0.29) is 11.9 Å². The van der Waals surface area contributed by atoms with E-state index in [4.69, 9.17) is 4.74 Å². The van der Waals surface area contributed by atoms with E-state index in [0.717, 1.165) is 22.4 Å². The number of fused-ring (bicyclic) bond motifs is 1. The fourth-order valence-corrected chi connectivity index (χ4v) is 3.48. The molecule has 1 aliphatic rings. The first-order chi connectivity index (χ1) is 11.4. The Hall–Kier alpha value is -2.28. The largest absolute Gasteiger partial charge is 0.490 e. The van der Waals surface area contributed by atoms with Gasteiger partial charge in [-0.15, -0.1) is 11.8 Å². The zero-order chi connectivity index (χ0) is 17.4. The van der Waals surface area contributed by atoms with Crippen molar-refractivity contribution < 1.29 is 9.53 Å². The van der Waals surface area contributed by atoms with Crippen LogP contribution in [0.15, 0.2) is 22.0 Å². The van der Waals surface area contributed by atoms with Gasteiger partial charge in [-0.25, -0.2) is 4.79 Å². The number of nitrogens with one attached hydrogen (secondary N) is 2. The molecule has 0 saturated carbocycles. The van der Waals surface area contributed by atoms with Crippen LogP contribution in [0.4, 0.5) is 0 Å². The number of hydrogen-bond acceptors (Lipinski definition) is 5. The number of hydrogen-bond donors (Lipinski definition) is 2. The molecule has 1 aliphatic heterocycles. The molecule has 0 bridgehead atoms. The first-order valence-corrected chi connectivity index (χ1v) is 8.83. The predicted octanol–water partition coefficient (Wildman–Crippen LogP) is 2.28. The average molecular weight is 345 g/mol. The zero-order valence-electron chi connectivity index (χ0n) is 14.0. The van der Waals surface area contributed by atoms with Crippen LogP contribution in [-0.4, -0.2) is 28.7 Å². The maximum atomic E-state index is 12.7. The lowest BCUT2D eigenvalue weighted by molar-refractivity contribution is 0.0925. The molecule has 2 heterocycles. The third-order valence-corrected chi connectivity index (χ3v) is 4.97.